The van der Waals surface area contributed by atoms with Crippen LogP contribution in [0, 0.1) is 0 Å². The molecule has 0 spiro atoms. The molecule has 2 rings (SSSR count). The molecule has 0 aliphatic rings. The van der Waals surface area contributed by atoms with Gasteiger partial charge < -0.3 is 20.5 Å². The Hall–Kier alpha value is -2.50. The number of nitrogen functional groups attached to an aromatic ring is 1. The van der Waals surface area contributed by atoms with Crippen LogP contribution in [0.5, 0.6) is 11.6 Å². The SMILES string of the molecule is COc1ccc(N)cc1CNc1cc(OC(C)C)ncn1. The van der Waals surface area contributed by atoms with Gasteiger partial charge in [0.05, 0.1) is 13.2 Å². The molecule has 0 unspecified atom stereocenters. The number of aromatic nitrogens is 2. The van der Waals surface area contributed by atoms with E-state index >= 15 is 0 Å². The van der Waals surface area contributed by atoms with E-state index in [0.29, 0.717) is 23.9 Å². The lowest BCUT2D eigenvalue weighted by atomic mass is 10.2. The fraction of sp³-hybridized carbons (Fsp3) is 0.333. The summed E-state index contributed by atoms with van der Waals surface area (Å²) in [6, 6.07) is 7.29. The van der Waals surface area contributed by atoms with Crippen molar-refractivity contribution >= 4 is 11.5 Å². The monoisotopic (exact) mass is 288 g/mol. The summed E-state index contributed by atoms with van der Waals surface area (Å²) in [6.45, 7) is 4.45. The quantitative estimate of drug-likeness (QED) is 0.795. The second-order valence-corrected chi connectivity index (χ2v) is 4.83. The van der Waals surface area contributed by atoms with Crippen LogP contribution >= 0.6 is 0 Å². The first-order chi connectivity index (χ1) is 10.1. The summed E-state index contributed by atoms with van der Waals surface area (Å²) in [7, 11) is 1.63. The number of benzene rings is 1. The van der Waals surface area contributed by atoms with Gasteiger partial charge in [-0.25, -0.2) is 9.97 Å². The molecule has 1 aromatic carbocycles. The molecule has 0 saturated heterocycles. The molecule has 2 aromatic rings. The Morgan fingerprint density at radius 3 is 2.76 bits per heavy atom. The summed E-state index contributed by atoms with van der Waals surface area (Å²) in [6.07, 6.45) is 1.54. The number of methoxy groups -OCH3 is 1. The zero-order chi connectivity index (χ0) is 15.2. The smallest absolute Gasteiger partial charge is 0.218 e. The van der Waals surface area contributed by atoms with Gasteiger partial charge in [-0.1, -0.05) is 0 Å². The Morgan fingerprint density at radius 1 is 1.24 bits per heavy atom. The molecule has 0 aliphatic carbocycles. The second kappa shape index (κ2) is 6.78. The van der Waals surface area contributed by atoms with Crippen molar-refractivity contribution in [1.29, 1.82) is 0 Å². The molecule has 0 fully saturated rings. The zero-order valence-electron chi connectivity index (χ0n) is 12.5. The topological polar surface area (TPSA) is 82.3 Å². The van der Waals surface area contributed by atoms with Crippen molar-refractivity contribution in [2.75, 3.05) is 18.2 Å². The van der Waals surface area contributed by atoms with Gasteiger partial charge in [0, 0.05) is 23.9 Å². The summed E-state index contributed by atoms with van der Waals surface area (Å²) in [5, 5.41) is 3.21. The maximum Gasteiger partial charge on any atom is 0.218 e. The number of hydrogen-bond acceptors (Lipinski definition) is 6. The van der Waals surface area contributed by atoms with Crippen molar-refractivity contribution in [3.05, 3.63) is 36.2 Å². The van der Waals surface area contributed by atoms with E-state index in [2.05, 4.69) is 15.3 Å². The van der Waals surface area contributed by atoms with E-state index in [4.69, 9.17) is 15.2 Å². The van der Waals surface area contributed by atoms with Crippen molar-refractivity contribution in [3.8, 4) is 11.6 Å². The highest BCUT2D eigenvalue weighted by Crippen LogP contribution is 2.22. The van der Waals surface area contributed by atoms with Gasteiger partial charge >= 0.3 is 0 Å². The van der Waals surface area contributed by atoms with Crippen LogP contribution in [0.25, 0.3) is 0 Å². The van der Waals surface area contributed by atoms with Gasteiger partial charge in [-0.15, -0.1) is 0 Å². The third kappa shape index (κ3) is 4.24. The highest BCUT2D eigenvalue weighted by molar-refractivity contribution is 5.49. The molecule has 3 N–H and O–H groups in total. The zero-order valence-corrected chi connectivity index (χ0v) is 12.5. The predicted octanol–water partition coefficient (Wildman–Crippen LogP) is 2.47. The van der Waals surface area contributed by atoms with Gasteiger partial charge in [0.25, 0.3) is 0 Å². The van der Waals surface area contributed by atoms with E-state index < -0.39 is 0 Å². The molecule has 0 atom stereocenters. The molecule has 0 radical (unpaired) electrons. The van der Waals surface area contributed by atoms with E-state index in [1.165, 1.54) is 6.33 Å². The first-order valence-electron chi connectivity index (χ1n) is 6.73. The van der Waals surface area contributed by atoms with Crippen molar-refractivity contribution < 1.29 is 9.47 Å². The van der Waals surface area contributed by atoms with Crippen LogP contribution in [0.1, 0.15) is 19.4 Å². The third-order valence-corrected chi connectivity index (χ3v) is 2.76. The number of ether oxygens (including phenoxy) is 2. The average Bonchev–Trinajstić information content (AvgIpc) is 2.45. The predicted molar refractivity (Wildman–Crippen MR) is 82.5 cm³/mol. The largest absolute Gasteiger partial charge is 0.496 e. The molecule has 21 heavy (non-hydrogen) atoms. The number of rotatable bonds is 6. The third-order valence-electron chi connectivity index (χ3n) is 2.76. The number of nitrogens with two attached hydrogens (primary N) is 1. The molecule has 1 aromatic heterocycles. The highest BCUT2D eigenvalue weighted by Gasteiger charge is 2.05. The Balaban J connectivity index is 2.07. The van der Waals surface area contributed by atoms with Crippen molar-refractivity contribution in [3.63, 3.8) is 0 Å². The molecule has 6 nitrogen and oxygen atoms in total. The van der Waals surface area contributed by atoms with Gasteiger partial charge in [0.15, 0.2) is 0 Å². The molecule has 1 heterocycles. The van der Waals surface area contributed by atoms with Gasteiger partial charge in [-0.2, -0.15) is 0 Å². The Kier molecular flexibility index (Phi) is 4.81. The van der Waals surface area contributed by atoms with Crippen molar-refractivity contribution in [1.82, 2.24) is 9.97 Å². The molecule has 112 valence electrons. The van der Waals surface area contributed by atoms with E-state index in [1.54, 1.807) is 13.2 Å². The number of nitrogens with one attached hydrogen (secondary N) is 1. The molecule has 0 bridgehead atoms. The highest BCUT2D eigenvalue weighted by atomic mass is 16.5. The maximum absolute atomic E-state index is 5.80. The van der Waals surface area contributed by atoms with Crippen LogP contribution in [0.2, 0.25) is 0 Å². The lowest BCUT2D eigenvalue weighted by molar-refractivity contribution is 0.232. The molecule has 6 heteroatoms. The summed E-state index contributed by atoms with van der Waals surface area (Å²) < 4.78 is 10.8. The van der Waals surface area contributed by atoms with Gasteiger partial charge in [0.1, 0.15) is 17.9 Å². The van der Waals surface area contributed by atoms with E-state index in [0.717, 1.165) is 11.3 Å². The minimum Gasteiger partial charge on any atom is -0.496 e. The van der Waals surface area contributed by atoms with E-state index in [1.807, 2.05) is 32.0 Å². The Labute approximate surface area is 124 Å². The second-order valence-electron chi connectivity index (χ2n) is 4.83. The molecule has 0 aliphatic heterocycles. The fourth-order valence-corrected chi connectivity index (χ4v) is 1.86. The van der Waals surface area contributed by atoms with Crippen LogP contribution in [0.15, 0.2) is 30.6 Å². The maximum atomic E-state index is 5.80. The lowest BCUT2D eigenvalue weighted by Crippen LogP contribution is -2.08. The van der Waals surface area contributed by atoms with Crippen LogP contribution < -0.4 is 20.5 Å². The Bertz CT molecular complexity index is 602. The number of nitrogens with zero attached hydrogens (tertiary/aromatic N) is 2. The van der Waals surface area contributed by atoms with Gasteiger partial charge in [0.2, 0.25) is 5.88 Å². The molecule has 0 saturated carbocycles. The molecule has 0 amide bonds. The van der Waals surface area contributed by atoms with Gasteiger partial charge in [-0.3, -0.25) is 0 Å². The van der Waals surface area contributed by atoms with Crippen molar-refractivity contribution in [2.45, 2.75) is 26.5 Å². The first kappa shape index (κ1) is 14.9. The minimum atomic E-state index is 0.0711. The molecular weight excluding hydrogens is 268 g/mol. The summed E-state index contributed by atoms with van der Waals surface area (Å²) >= 11 is 0. The normalized spacial score (nSPS) is 10.5. The summed E-state index contributed by atoms with van der Waals surface area (Å²) in [5.74, 6) is 2.01. The fourth-order valence-electron chi connectivity index (χ4n) is 1.86. The summed E-state index contributed by atoms with van der Waals surface area (Å²) in [5.41, 5.74) is 7.46. The van der Waals surface area contributed by atoms with Crippen LogP contribution in [-0.4, -0.2) is 23.2 Å². The Morgan fingerprint density at radius 2 is 2.05 bits per heavy atom. The van der Waals surface area contributed by atoms with Crippen LogP contribution in [-0.2, 0) is 6.54 Å². The van der Waals surface area contributed by atoms with Crippen molar-refractivity contribution in [2.24, 2.45) is 0 Å². The minimum absolute atomic E-state index is 0.0711. The van der Waals surface area contributed by atoms with Gasteiger partial charge in [-0.05, 0) is 32.0 Å². The number of anilines is 2. The lowest BCUT2D eigenvalue weighted by Gasteiger charge is -2.12. The molecular formula is C15H20N4O2. The van der Waals surface area contributed by atoms with E-state index in [9.17, 15) is 0 Å². The first-order valence-corrected chi connectivity index (χ1v) is 6.73. The van der Waals surface area contributed by atoms with E-state index in [-0.39, 0.29) is 6.10 Å². The average molecular weight is 288 g/mol. The summed E-state index contributed by atoms with van der Waals surface area (Å²) in [4.78, 5) is 8.23. The van der Waals surface area contributed by atoms with Crippen LogP contribution in [0.3, 0.4) is 0 Å². The number of hydrogen-bond donors (Lipinski definition) is 2. The van der Waals surface area contributed by atoms with Crippen LogP contribution in [0.4, 0.5) is 11.5 Å². The standard InChI is InChI=1S/C15H20N4O2/c1-10(2)21-15-7-14(18-9-19-15)17-8-11-6-12(16)4-5-13(11)20-3/h4-7,9-10H,8,16H2,1-3H3,(H,17,18,19).